The van der Waals surface area contributed by atoms with E-state index in [-0.39, 0.29) is 24.1 Å². The Bertz CT molecular complexity index is 961. The van der Waals surface area contributed by atoms with Crippen molar-refractivity contribution in [2.75, 3.05) is 36.8 Å². The van der Waals surface area contributed by atoms with Crippen molar-refractivity contribution in [1.82, 2.24) is 9.97 Å². The maximum absolute atomic E-state index is 12.0. The fraction of sp³-hybridized carbons (Fsp3) is 0.476. The average Bonchev–Trinajstić information content (AvgIpc) is 2.71. The second kappa shape index (κ2) is 7.89. The molecule has 0 unspecified atom stereocenters. The number of amides is 1. The Morgan fingerprint density at radius 2 is 1.90 bits per heavy atom. The second-order valence-electron chi connectivity index (χ2n) is 7.68. The molecular weight excluding hydrogens is 386 g/mol. The van der Waals surface area contributed by atoms with Crippen LogP contribution in [0.15, 0.2) is 18.2 Å². The number of fused-ring (bicyclic) bond motifs is 1. The van der Waals surface area contributed by atoms with E-state index in [0.29, 0.717) is 23.1 Å². The molecule has 1 fully saturated rings. The fourth-order valence-electron chi connectivity index (χ4n) is 3.66. The molecular formula is C21H27N5O4. The van der Waals surface area contributed by atoms with Crippen molar-refractivity contribution >= 4 is 23.4 Å². The van der Waals surface area contributed by atoms with E-state index in [2.05, 4.69) is 20.6 Å². The van der Waals surface area contributed by atoms with Gasteiger partial charge in [-0.25, -0.2) is 4.98 Å². The average molecular weight is 413 g/mol. The van der Waals surface area contributed by atoms with Gasteiger partial charge < -0.3 is 29.7 Å². The second-order valence-corrected chi connectivity index (χ2v) is 7.68. The maximum atomic E-state index is 12.0. The van der Waals surface area contributed by atoms with Gasteiger partial charge in [0.25, 0.3) is 0 Å². The maximum Gasteiger partial charge on any atom is 0.246 e. The number of carbonyl (C=O) groups is 1. The Kier molecular flexibility index (Phi) is 5.27. The van der Waals surface area contributed by atoms with Crippen molar-refractivity contribution < 1.29 is 19.0 Å². The molecule has 1 aromatic carbocycles. The summed E-state index contributed by atoms with van der Waals surface area (Å²) in [6, 6.07) is 5.50. The minimum atomic E-state index is -0.275. The van der Waals surface area contributed by atoms with Crippen molar-refractivity contribution in [2.45, 2.75) is 44.9 Å². The summed E-state index contributed by atoms with van der Waals surface area (Å²) >= 11 is 0. The fourth-order valence-corrected chi connectivity index (χ4v) is 3.66. The number of aryl methyl sites for hydroxylation is 1. The molecule has 0 saturated heterocycles. The highest BCUT2D eigenvalue weighted by atomic mass is 16.5. The number of anilines is 3. The lowest BCUT2D eigenvalue weighted by molar-refractivity contribution is -0.117. The summed E-state index contributed by atoms with van der Waals surface area (Å²) in [6.07, 6.45) is 1.80. The van der Waals surface area contributed by atoms with Crippen molar-refractivity contribution in [3.05, 3.63) is 23.9 Å². The first kappa shape index (κ1) is 20.1. The van der Waals surface area contributed by atoms with E-state index in [1.54, 1.807) is 14.2 Å². The van der Waals surface area contributed by atoms with Crippen LogP contribution >= 0.6 is 0 Å². The van der Waals surface area contributed by atoms with Gasteiger partial charge in [0.1, 0.15) is 23.6 Å². The van der Waals surface area contributed by atoms with Crippen LogP contribution in [0.1, 0.15) is 25.5 Å². The highest BCUT2D eigenvalue weighted by Crippen LogP contribution is 2.35. The van der Waals surface area contributed by atoms with Gasteiger partial charge in [-0.15, -0.1) is 0 Å². The number of hydrogen-bond donors (Lipinski definition) is 2. The lowest BCUT2D eigenvalue weighted by Crippen LogP contribution is -2.45. The van der Waals surface area contributed by atoms with Gasteiger partial charge in [-0.05, 0) is 26.0 Å². The quantitative estimate of drug-likeness (QED) is 0.746. The van der Waals surface area contributed by atoms with Crippen LogP contribution in [0.5, 0.6) is 17.2 Å². The summed E-state index contributed by atoms with van der Waals surface area (Å²) in [4.78, 5) is 23.1. The Morgan fingerprint density at radius 1 is 1.17 bits per heavy atom. The van der Waals surface area contributed by atoms with Crippen molar-refractivity contribution in [2.24, 2.45) is 0 Å². The number of ether oxygens (including phenoxy) is 3. The van der Waals surface area contributed by atoms with Crippen LogP contribution in [0.25, 0.3) is 0 Å². The van der Waals surface area contributed by atoms with Crippen LogP contribution in [-0.2, 0) is 4.79 Å². The Morgan fingerprint density at radius 3 is 2.60 bits per heavy atom. The number of nitrogens with one attached hydrogen (secondary N) is 2. The van der Waals surface area contributed by atoms with Crippen molar-refractivity contribution in [3.63, 3.8) is 0 Å². The molecule has 9 heteroatoms. The molecule has 0 spiro atoms. The number of carbonyl (C=O) groups excluding carboxylic acids is 1. The molecule has 1 saturated carbocycles. The molecule has 9 nitrogen and oxygen atoms in total. The molecule has 0 bridgehead atoms. The molecule has 160 valence electrons. The summed E-state index contributed by atoms with van der Waals surface area (Å²) in [5.41, 5.74) is 1.42. The molecule has 1 atom stereocenters. The molecule has 1 aliphatic heterocycles. The van der Waals surface area contributed by atoms with E-state index >= 15 is 0 Å². The lowest BCUT2D eigenvalue weighted by Gasteiger charge is -2.37. The Labute approximate surface area is 175 Å². The smallest absolute Gasteiger partial charge is 0.246 e. The van der Waals surface area contributed by atoms with E-state index < -0.39 is 0 Å². The van der Waals surface area contributed by atoms with Gasteiger partial charge >= 0.3 is 0 Å². The van der Waals surface area contributed by atoms with Gasteiger partial charge in [-0.2, -0.15) is 4.98 Å². The summed E-state index contributed by atoms with van der Waals surface area (Å²) in [6.45, 7) is 3.73. The molecule has 2 aromatic rings. The summed E-state index contributed by atoms with van der Waals surface area (Å²) in [5.74, 6) is 3.32. The van der Waals surface area contributed by atoms with Crippen molar-refractivity contribution in [3.8, 4) is 17.2 Å². The Hall–Kier alpha value is -3.23. The molecule has 1 amide bonds. The van der Waals surface area contributed by atoms with Crippen molar-refractivity contribution in [1.29, 1.82) is 0 Å². The number of methoxy groups -OCH3 is 2. The number of benzene rings is 1. The first-order chi connectivity index (χ1) is 14.4. The van der Waals surface area contributed by atoms with Gasteiger partial charge in [0, 0.05) is 32.0 Å². The van der Waals surface area contributed by atoms with E-state index in [9.17, 15) is 4.79 Å². The van der Waals surface area contributed by atoms with Gasteiger partial charge in [0.2, 0.25) is 11.9 Å². The van der Waals surface area contributed by atoms with Crippen LogP contribution in [0.2, 0.25) is 0 Å². The monoisotopic (exact) mass is 413 g/mol. The molecule has 2 N–H and O–H groups in total. The molecule has 0 radical (unpaired) electrons. The minimum Gasteiger partial charge on any atom is -0.493 e. The summed E-state index contributed by atoms with van der Waals surface area (Å²) in [5, 5.41) is 6.28. The van der Waals surface area contributed by atoms with Crippen LogP contribution < -0.4 is 29.7 Å². The van der Waals surface area contributed by atoms with Gasteiger partial charge in [0.05, 0.1) is 19.9 Å². The molecule has 1 aromatic heterocycles. The van der Waals surface area contributed by atoms with E-state index in [4.69, 9.17) is 14.2 Å². The van der Waals surface area contributed by atoms with Crippen LogP contribution in [-0.4, -0.2) is 55.3 Å². The predicted molar refractivity (Wildman–Crippen MR) is 114 cm³/mol. The number of aromatic nitrogens is 2. The van der Waals surface area contributed by atoms with Gasteiger partial charge in [-0.3, -0.25) is 4.79 Å². The zero-order chi connectivity index (χ0) is 21.4. The molecule has 1 aliphatic carbocycles. The largest absolute Gasteiger partial charge is 0.493 e. The third kappa shape index (κ3) is 3.67. The Balaban J connectivity index is 1.38. The topological polar surface area (TPSA) is 97.8 Å². The minimum absolute atomic E-state index is 0.0495. The number of hydrogen-bond acceptors (Lipinski definition) is 8. The summed E-state index contributed by atoms with van der Waals surface area (Å²) < 4.78 is 16.6. The zero-order valence-electron chi connectivity index (χ0n) is 17.9. The summed E-state index contributed by atoms with van der Waals surface area (Å²) in [7, 11) is 5.08. The third-order valence-corrected chi connectivity index (χ3v) is 5.70. The zero-order valence-corrected chi connectivity index (χ0v) is 17.9. The van der Waals surface area contributed by atoms with Crippen LogP contribution in [0.3, 0.4) is 0 Å². The van der Waals surface area contributed by atoms with Gasteiger partial charge in [-0.1, -0.05) is 0 Å². The van der Waals surface area contributed by atoms with Crippen LogP contribution in [0.4, 0.5) is 17.5 Å². The third-order valence-electron chi connectivity index (χ3n) is 5.70. The number of likely N-dealkylation sites (N-methyl/N-ethyl adjacent to an activating group) is 1. The normalized spacial score (nSPS) is 22.5. The highest BCUT2D eigenvalue weighted by molar-refractivity contribution is 6.03. The van der Waals surface area contributed by atoms with E-state index in [0.717, 1.165) is 30.1 Å². The SMILES string of the molecule is COc1ccc(OC2CC(Nc3nc(C)c4c(n3)N(C)[C@@H](C)C(=O)N4)C2)cc1OC. The first-order valence-electron chi connectivity index (χ1n) is 9.97. The standard InChI is InChI=1S/C21H27N5O4/c1-11-18-19(26(3)12(2)20(27)24-18)25-21(22-11)23-13-8-15(9-13)30-14-6-7-16(28-4)17(10-14)29-5/h6-7,10,12-13,15H,8-9H2,1-5H3,(H,24,27)(H,22,23,25)/t12-,13?,15?/m0/s1. The van der Waals surface area contributed by atoms with E-state index in [1.165, 1.54) is 0 Å². The number of rotatable bonds is 6. The highest BCUT2D eigenvalue weighted by Gasteiger charge is 2.33. The van der Waals surface area contributed by atoms with Crippen LogP contribution in [0, 0.1) is 6.92 Å². The molecule has 30 heavy (non-hydrogen) atoms. The molecule has 4 rings (SSSR count). The molecule has 2 aliphatic rings. The predicted octanol–water partition coefficient (Wildman–Crippen LogP) is 2.60. The first-order valence-corrected chi connectivity index (χ1v) is 9.97. The molecule has 2 heterocycles. The number of nitrogens with zero attached hydrogens (tertiary/aromatic N) is 3. The van der Waals surface area contributed by atoms with Gasteiger partial charge in [0.15, 0.2) is 17.3 Å². The van der Waals surface area contributed by atoms with E-state index in [1.807, 2.05) is 44.0 Å². The lowest BCUT2D eigenvalue weighted by atomic mass is 9.89.